The molecule has 0 unspecified atom stereocenters. The molecule has 3 aromatic rings. The highest BCUT2D eigenvalue weighted by Crippen LogP contribution is 2.25. The van der Waals surface area contributed by atoms with Gasteiger partial charge < -0.3 is 4.74 Å². The number of hydrogen-bond acceptors (Lipinski definition) is 4. The maximum atomic E-state index is 13.0. The first-order valence-corrected chi connectivity index (χ1v) is 8.93. The van der Waals surface area contributed by atoms with Gasteiger partial charge in [-0.25, -0.2) is 17.8 Å². The van der Waals surface area contributed by atoms with Crippen LogP contribution in [0.4, 0.5) is 10.2 Å². The van der Waals surface area contributed by atoms with Gasteiger partial charge in [-0.3, -0.25) is 4.72 Å². The van der Waals surface area contributed by atoms with E-state index in [-0.39, 0.29) is 17.3 Å². The van der Waals surface area contributed by atoms with Gasteiger partial charge in [0.05, 0.1) is 4.90 Å². The van der Waals surface area contributed by atoms with Gasteiger partial charge in [0.1, 0.15) is 12.4 Å². The zero-order valence-corrected chi connectivity index (χ0v) is 13.9. The number of nitrogens with one attached hydrogen (secondary N) is 1. The van der Waals surface area contributed by atoms with Gasteiger partial charge in [0, 0.05) is 6.20 Å². The fourth-order valence-electron chi connectivity index (χ4n) is 2.12. The molecule has 5 nitrogen and oxygen atoms in total. The Morgan fingerprint density at radius 1 is 0.960 bits per heavy atom. The molecule has 0 saturated carbocycles. The van der Waals surface area contributed by atoms with E-state index in [1.54, 1.807) is 12.1 Å². The van der Waals surface area contributed by atoms with E-state index in [1.165, 1.54) is 18.3 Å². The summed E-state index contributed by atoms with van der Waals surface area (Å²) in [5.74, 6) is -0.136. The molecule has 0 bridgehead atoms. The van der Waals surface area contributed by atoms with E-state index in [1.807, 2.05) is 30.3 Å². The van der Waals surface area contributed by atoms with Crippen molar-refractivity contribution in [3.8, 4) is 5.75 Å². The number of aromatic nitrogens is 1. The van der Waals surface area contributed by atoms with Crippen molar-refractivity contribution in [3.63, 3.8) is 0 Å². The highest BCUT2D eigenvalue weighted by Gasteiger charge is 2.17. The molecule has 1 aromatic heterocycles. The number of sulfonamides is 1. The van der Waals surface area contributed by atoms with Crippen molar-refractivity contribution >= 4 is 15.8 Å². The Hall–Kier alpha value is -2.93. The molecule has 0 radical (unpaired) electrons. The first-order valence-electron chi connectivity index (χ1n) is 7.45. The normalized spacial score (nSPS) is 11.1. The van der Waals surface area contributed by atoms with Crippen LogP contribution in [0, 0.1) is 5.82 Å². The second-order valence-corrected chi connectivity index (χ2v) is 6.87. The molecule has 0 aliphatic rings. The molecular weight excluding hydrogens is 343 g/mol. The minimum atomic E-state index is -3.89. The van der Waals surface area contributed by atoms with E-state index in [2.05, 4.69) is 9.71 Å². The Morgan fingerprint density at radius 3 is 2.40 bits per heavy atom. The summed E-state index contributed by atoms with van der Waals surface area (Å²) in [5.41, 5.74) is 0.943. The van der Waals surface area contributed by atoms with Crippen LogP contribution in [0.2, 0.25) is 0 Å². The number of halogens is 1. The first-order chi connectivity index (χ1) is 12.0. The summed E-state index contributed by atoms with van der Waals surface area (Å²) in [6.07, 6.45) is 1.46. The predicted molar refractivity (Wildman–Crippen MR) is 92.2 cm³/mol. The van der Waals surface area contributed by atoms with Crippen LogP contribution in [-0.4, -0.2) is 13.4 Å². The second-order valence-electron chi connectivity index (χ2n) is 5.18. The largest absolute Gasteiger partial charge is 0.485 e. The van der Waals surface area contributed by atoms with Crippen LogP contribution >= 0.6 is 0 Å². The van der Waals surface area contributed by atoms with E-state index in [9.17, 15) is 12.8 Å². The van der Waals surface area contributed by atoms with Crippen LogP contribution in [0.25, 0.3) is 0 Å². The van der Waals surface area contributed by atoms with Crippen LogP contribution in [0.3, 0.4) is 0 Å². The first kappa shape index (κ1) is 16.9. The van der Waals surface area contributed by atoms with Crippen molar-refractivity contribution in [2.24, 2.45) is 0 Å². The van der Waals surface area contributed by atoms with Gasteiger partial charge >= 0.3 is 0 Å². The highest BCUT2D eigenvalue weighted by atomic mass is 32.2. The number of ether oxygens (including phenoxy) is 1. The Bertz CT molecular complexity index is 946. The SMILES string of the molecule is O=S(=O)(Nc1ncccc1OCc1ccccc1)c1ccc(F)cc1. The van der Waals surface area contributed by atoms with Crippen LogP contribution < -0.4 is 9.46 Å². The predicted octanol–water partition coefficient (Wildman–Crippen LogP) is 3.60. The van der Waals surface area contributed by atoms with E-state index in [4.69, 9.17) is 4.74 Å². The topological polar surface area (TPSA) is 68.3 Å². The average molecular weight is 358 g/mol. The van der Waals surface area contributed by atoms with Crippen LogP contribution in [0.5, 0.6) is 5.75 Å². The minimum absolute atomic E-state index is 0.0615. The van der Waals surface area contributed by atoms with E-state index < -0.39 is 15.8 Å². The van der Waals surface area contributed by atoms with Gasteiger partial charge in [-0.2, -0.15) is 0 Å². The summed E-state index contributed by atoms with van der Waals surface area (Å²) in [4.78, 5) is 3.97. The van der Waals surface area contributed by atoms with Crippen molar-refractivity contribution in [3.05, 3.63) is 84.3 Å². The van der Waals surface area contributed by atoms with Gasteiger partial charge in [-0.05, 0) is 42.0 Å². The lowest BCUT2D eigenvalue weighted by molar-refractivity contribution is 0.307. The molecule has 0 spiro atoms. The third-order valence-corrected chi connectivity index (χ3v) is 4.72. The molecule has 0 atom stereocenters. The van der Waals surface area contributed by atoms with Crippen molar-refractivity contribution in [2.75, 3.05) is 4.72 Å². The Balaban J connectivity index is 1.79. The summed E-state index contributed by atoms with van der Waals surface area (Å²) >= 11 is 0. The molecule has 0 fully saturated rings. The smallest absolute Gasteiger partial charge is 0.263 e. The molecule has 0 aliphatic heterocycles. The number of anilines is 1. The second kappa shape index (κ2) is 7.31. The van der Waals surface area contributed by atoms with Crippen molar-refractivity contribution in [1.29, 1.82) is 0 Å². The van der Waals surface area contributed by atoms with Crippen LogP contribution in [0.1, 0.15) is 5.56 Å². The molecule has 1 N–H and O–H groups in total. The fraction of sp³-hybridized carbons (Fsp3) is 0.0556. The number of hydrogen-bond donors (Lipinski definition) is 1. The molecule has 2 aromatic carbocycles. The lowest BCUT2D eigenvalue weighted by atomic mass is 10.2. The average Bonchev–Trinajstić information content (AvgIpc) is 2.62. The third-order valence-electron chi connectivity index (χ3n) is 3.36. The molecule has 0 aliphatic carbocycles. The fourth-order valence-corrected chi connectivity index (χ4v) is 3.14. The third kappa shape index (κ3) is 4.33. The molecule has 7 heteroatoms. The molecule has 1 heterocycles. The molecule has 128 valence electrons. The zero-order valence-electron chi connectivity index (χ0n) is 13.1. The summed E-state index contributed by atoms with van der Waals surface area (Å²) in [6, 6.07) is 17.3. The molecule has 0 saturated heterocycles. The van der Waals surface area contributed by atoms with E-state index in [0.717, 1.165) is 17.7 Å². The maximum absolute atomic E-state index is 13.0. The van der Waals surface area contributed by atoms with Crippen molar-refractivity contribution in [1.82, 2.24) is 4.98 Å². The standard InChI is InChI=1S/C18H15FN2O3S/c19-15-8-10-16(11-9-15)25(22,23)21-18-17(7-4-12-20-18)24-13-14-5-2-1-3-6-14/h1-12H,13H2,(H,20,21). The monoisotopic (exact) mass is 358 g/mol. The van der Waals surface area contributed by atoms with Crippen molar-refractivity contribution in [2.45, 2.75) is 11.5 Å². The van der Waals surface area contributed by atoms with Gasteiger partial charge in [-0.1, -0.05) is 30.3 Å². The van der Waals surface area contributed by atoms with E-state index in [0.29, 0.717) is 5.75 Å². The van der Waals surface area contributed by atoms with Gasteiger partial charge in [0.15, 0.2) is 11.6 Å². The Kier molecular flexibility index (Phi) is 4.95. The minimum Gasteiger partial charge on any atom is -0.485 e. The highest BCUT2D eigenvalue weighted by molar-refractivity contribution is 7.92. The zero-order chi connectivity index (χ0) is 17.7. The molecular formula is C18H15FN2O3S. The molecule has 3 rings (SSSR count). The number of rotatable bonds is 6. The van der Waals surface area contributed by atoms with Gasteiger partial charge in [-0.15, -0.1) is 0 Å². The summed E-state index contributed by atoms with van der Waals surface area (Å²) in [6.45, 7) is 0.276. The van der Waals surface area contributed by atoms with E-state index >= 15 is 0 Å². The summed E-state index contributed by atoms with van der Waals surface area (Å²) in [5, 5.41) is 0. The van der Waals surface area contributed by atoms with Crippen LogP contribution in [0.15, 0.2) is 77.8 Å². The summed E-state index contributed by atoms with van der Waals surface area (Å²) in [7, 11) is -3.89. The van der Waals surface area contributed by atoms with Gasteiger partial charge in [0.2, 0.25) is 0 Å². The maximum Gasteiger partial charge on any atom is 0.263 e. The van der Waals surface area contributed by atoms with Gasteiger partial charge in [0.25, 0.3) is 10.0 Å². The number of benzene rings is 2. The molecule has 25 heavy (non-hydrogen) atoms. The quantitative estimate of drug-likeness (QED) is 0.731. The van der Waals surface area contributed by atoms with Crippen molar-refractivity contribution < 1.29 is 17.5 Å². The molecule has 0 amide bonds. The number of pyridine rings is 1. The number of nitrogens with zero attached hydrogens (tertiary/aromatic N) is 1. The lowest BCUT2D eigenvalue weighted by Crippen LogP contribution is -2.15. The lowest BCUT2D eigenvalue weighted by Gasteiger charge is -2.12. The Labute approximate surface area is 145 Å². The van der Waals surface area contributed by atoms with Crippen LogP contribution in [-0.2, 0) is 16.6 Å². The Morgan fingerprint density at radius 2 is 1.68 bits per heavy atom. The summed E-state index contributed by atoms with van der Waals surface area (Å²) < 4.78 is 45.8.